The lowest BCUT2D eigenvalue weighted by molar-refractivity contribution is 0.531. The molecule has 0 saturated carbocycles. The van der Waals surface area contributed by atoms with Gasteiger partial charge in [0.2, 0.25) is 0 Å². The summed E-state index contributed by atoms with van der Waals surface area (Å²) in [7, 11) is 0. The van der Waals surface area contributed by atoms with Crippen LogP contribution in [-0.4, -0.2) is 6.54 Å². The first kappa shape index (κ1) is 13.8. The Morgan fingerprint density at radius 2 is 1.68 bits per heavy atom. The average molecular weight is 257 g/mol. The summed E-state index contributed by atoms with van der Waals surface area (Å²) in [4.78, 5) is 0. The maximum atomic E-state index is 12.9. The predicted molar refractivity (Wildman–Crippen MR) is 77.5 cm³/mol. The van der Waals surface area contributed by atoms with Crippen LogP contribution >= 0.6 is 0 Å². The van der Waals surface area contributed by atoms with Gasteiger partial charge in [-0.3, -0.25) is 0 Å². The van der Waals surface area contributed by atoms with Crippen molar-refractivity contribution in [3.63, 3.8) is 0 Å². The van der Waals surface area contributed by atoms with Crippen molar-refractivity contribution in [2.75, 3.05) is 6.54 Å². The van der Waals surface area contributed by atoms with Crippen LogP contribution < -0.4 is 5.73 Å². The third-order valence-electron chi connectivity index (χ3n) is 3.54. The molecule has 100 valence electrons. The van der Waals surface area contributed by atoms with Crippen LogP contribution in [0, 0.1) is 18.7 Å². The SMILES string of the molecule is Cc1ccccc1CC(CN)Cc1ccc(F)cc1. The Kier molecular flexibility index (Phi) is 4.69. The number of hydrogen-bond donors (Lipinski definition) is 1. The number of nitrogens with two attached hydrogens (primary N) is 1. The zero-order valence-electron chi connectivity index (χ0n) is 11.3. The van der Waals surface area contributed by atoms with Gasteiger partial charge in [0.15, 0.2) is 0 Å². The standard InChI is InChI=1S/C17H20FN/c1-13-4-2-3-5-16(13)11-15(12-19)10-14-6-8-17(18)9-7-14/h2-9,15H,10-12,19H2,1H3. The van der Waals surface area contributed by atoms with Crippen molar-refractivity contribution >= 4 is 0 Å². The topological polar surface area (TPSA) is 26.0 Å². The largest absolute Gasteiger partial charge is 0.330 e. The van der Waals surface area contributed by atoms with Gasteiger partial charge < -0.3 is 5.73 Å². The molecule has 2 rings (SSSR count). The molecule has 2 aromatic carbocycles. The second-order valence-electron chi connectivity index (χ2n) is 5.06. The van der Waals surface area contributed by atoms with Crippen molar-refractivity contribution in [3.05, 3.63) is 71.0 Å². The quantitative estimate of drug-likeness (QED) is 0.871. The summed E-state index contributed by atoms with van der Waals surface area (Å²) < 4.78 is 12.9. The summed E-state index contributed by atoms with van der Waals surface area (Å²) in [6.45, 7) is 2.77. The second-order valence-corrected chi connectivity index (χ2v) is 5.06. The fourth-order valence-electron chi connectivity index (χ4n) is 2.34. The molecular formula is C17H20FN. The lowest BCUT2D eigenvalue weighted by atomic mass is 9.91. The van der Waals surface area contributed by atoms with Crippen molar-refractivity contribution in [1.29, 1.82) is 0 Å². The Balaban J connectivity index is 2.05. The van der Waals surface area contributed by atoms with Gasteiger partial charge in [-0.1, -0.05) is 36.4 Å². The molecule has 0 aliphatic rings. The van der Waals surface area contributed by atoms with Crippen molar-refractivity contribution in [3.8, 4) is 0 Å². The molecule has 0 aromatic heterocycles. The number of hydrogen-bond acceptors (Lipinski definition) is 1. The summed E-state index contributed by atoms with van der Waals surface area (Å²) in [6.07, 6.45) is 1.87. The fraction of sp³-hybridized carbons (Fsp3) is 0.294. The molecule has 1 unspecified atom stereocenters. The van der Waals surface area contributed by atoms with Crippen LogP contribution in [0.15, 0.2) is 48.5 Å². The van der Waals surface area contributed by atoms with Gasteiger partial charge in [-0.15, -0.1) is 0 Å². The van der Waals surface area contributed by atoms with E-state index < -0.39 is 0 Å². The Labute approximate surface area is 114 Å². The van der Waals surface area contributed by atoms with Gasteiger partial charge in [0.25, 0.3) is 0 Å². The average Bonchev–Trinajstić information content (AvgIpc) is 2.43. The zero-order valence-corrected chi connectivity index (χ0v) is 11.3. The van der Waals surface area contributed by atoms with Gasteiger partial charge in [-0.2, -0.15) is 0 Å². The van der Waals surface area contributed by atoms with E-state index in [1.807, 2.05) is 12.1 Å². The monoisotopic (exact) mass is 257 g/mol. The molecule has 0 heterocycles. The minimum Gasteiger partial charge on any atom is -0.330 e. The van der Waals surface area contributed by atoms with Crippen LogP contribution in [0.3, 0.4) is 0 Å². The minimum atomic E-state index is -0.188. The van der Waals surface area contributed by atoms with Crippen LogP contribution in [0.25, 0.3) is 0 Å². The number of halogens is 1. The number of aryl methyl sites for hydroxylation is 1. The Morgan fingerprint density at radius 3 is 2.32 bits per heavy atom. The Hall–Kier alpha value is -1.67. The number of rotatable bonds is 5. The first-order valence-electron chi connectivity index (χ1n) is 6.68. The highest BCUT2D eigenvalue weighted by atomic mass is 19.1. The predicted octanol–water partition coefficient (Wildman–Crippen LogP) is 3.49. The van der Waals surface area contributed by atoms with Gasteiger partial charge in [-0.05, 0) is 61.1 Å². The van der Waals surface area contributed by atoms with Gasteiger partial charge in [0.1, 0.15) is 5.82 Å². The first-order valence-corrected chi connectivity index (χ1v) is 6.68. The van der Waals surface area contributed by atoms with Crippen LogP contribution in [0.2, 0.25) is 0 Å². The first-order chi connectivity index (χ1) is 9.19. The zero-order chi connectivity index (χ0) is 13.7. The van der Waals surface area contributed by atoms with Gasteiger partial charge in [0, 0.05) is 0 Å². The normalized spacial score (nSPS) is 12.4. The summed E-state index contributed by atoms with van der Waals surface area (Å²) in [5.74, 6) is 0.207. The van der Waals surface area contributed by atoms with E-state index in [9.17, 15) is 4.39 Å². The molecule has 0 aliphatic heterocycles. The fourth-order valence-corrected chi connectivity index (χ4v) is 2.34. The molecule has 0 bridgehead atoms. The molecule has 19 heavy (non-hydrogen) atoms. The molecule has 2 aromatic rings. The van der Waals surface area contributed by atoms with Crippen molar-refractivity contribution in [2.45, 2.75) is 19.8 Å². The second kappa shape index (κ2) is 6.48. The third-order valence-corrected chi connectivity index (χ3v) is 3.54. The van der Waals surface area contributed by atoms with Crippen LogP contribution in [0.1, 0.15) is 16.7 Å². The lowest BCUT2D eigenvalue weighted by Gasteiger charge is -2.16. The molecule has 0 fully saturated rings. The van der Waals surface area contributed by atoms with Gasteiger partial charge >= 0.3 is 0 Å². The molecule has 1 atom stereocenters. The molecule has 2 heteroatoms. The highest BCUT2D eigenvalue weighted by Gasteiger charge is 2.10. The van der Waals surface area contributed by atoms with Gasteiger partial charge in [0.05, 0.1) is 0 Å². The minimum absolute atomic E-state index is 0.188. The molecule has 0 amide bonds. The molecule has 2 N–H and O–H groups in total. The van der Waals surface area contributed by atoms with E-state index in [0.717, 1.165) is 18.4 Å². The van der Waals surface area contributed by atoms with Crippen LogP contribution in [0.5, 0.6) is 0 Å². The van der Waals surface area contributed by atoms with Crippen LogP contribution in [-0.2, 0) is 12.8 Å². The maximum Gasteiger partial charge on any atom is 0.123 e. The maximum absolute atomic E-state index is 12.9. The third kappa shape index (κ3) is 3.90. The molecule has 0 saturated heterocycles. The molecule has 0 radical (unpaired) electrons. The molecule has 0 spiro atoms. The van der Waals surface area contributed by atoms with E-state index in [4.69, 9.17) is 5.73 Å². The van der Waals surface area contributed by atoms with Crippen molar-refractivity contribution < 1.29 is 4.39 Å². The van der Waals surface area contributed by atoms with E-state index in [2.05, 4.69) is 31.2 Å². The molecule has 0 aliphatic carbocycles. The Bertz CT molecular complexity index is 519. The summed E-state index contributed by atoms with van der Waals surface area (Å²) in [5.41, 5.74) is 9.67. The molecular weight excluding hydrogens is 237 g/mol. The summed E-state index contributed by atoms with van der Waals surface area (Å²) in [6, 6.07) is 15.1. The van der Waals surface area contributed by atoms with E-state index >= 15 is 0 Å². The summed E-state index contributed by atoms with van der Waals surface area (Å²) >= 11 is 0. The van der Waals surface area contributed by atoms with E-state index in [1.165, 1.54) is 23.3 Å². The van der Waals surface area contributed by atoms with Gasteiger partial charge in [-0.25, -0.2) is 4.39 Å². The lowest BCUT2D eigenvalue weighted by Crippen LogP contribution is -2.19. The van der Waals surface area contributed by atoms with E-state index in [0.29, 0.717) is 12.5 Å². The van der Waals surface area contributed by atoms with E-state index in [-0.39, 0.29) is 5.82 Å². The highest BCUT2D eigenvalue weighted by molar-refractivity contribution is 5.26. The van der Waals surface area contributed by atoms with Crippen molar-refractivity contribution in [2.24, 2.45) is 11.7 Å². The Morgan fingerprint density at radius 1 is 1.00 bits per heavy atom. The van der Waals surface area contributed by atoms with Crippen molar-refractivity contribution in [1.82, 2.24) is 0 Å². The highest BCUT2D eigenvalue weighted by Crippen LogP contribution is 2.17. The molecule has 1 nitrogen and oxygen atoms in total. The summed E-state index contributed by atoms with van der Waals surface area (Å²) in [5, 5.41) is 0. The van der Waals surface area contributed by atoms with E-state index in [1.54, 1.807) is 0 Å². The van der Waals surface area contributed by atoms with Crippen LogP contribution in [0.4, 0.5) is 4.39 Å². The smallest absolute Gasteiger partial charge is 0.123 e. The number of benzene rings is 2.